The summed E-state index contributed by atoms with van der Waals surface area (Å²) in [5, 5.41) is 0.527. The maximum absolute atomic E-state index is 12.7. The van der Waals surface area contributed by atoms with Crippen LogP contribution in [0.25, 0.3) is 0 Å². The fourth-order valence-electron chi connectivity index (χ4n) is 3.02. The second kappa shape index (κ2) is 9.38. The number of halogens is 2. The predicted octanol–water partition coefficient (Wildman–Crippen LogP) is 5.35. The molecule has 0 spiro atoms. The number of ether oxygens (including phenoxy) is 1. The number of pyridine rings is 1. The quantitative estimate of drug-likeness (QED) is 0.506. The van der Waals surface area contributed by atoms with Crippen LogP contribution in [0.15, 0.2) is 59.4 Å². The number of benzene rings is 2. The fraction of sp³-hybridized carbons (Fsp3) is 0.261. The predicted molar refractivity (Wildman–Crippen MR) is 121 cm³/mol. The van der Waals surface area contributed by atoms with Gasteiger partial charge in [0.25, 0.3) is 5.56 Å². The average Bonchev–Trinajstić information content (AvgIpc) is 2.70. The molecule has 0 aliphatic carbocycles. The fourth-order valence-corrected chi connectivity index (χ4v) is 3.55. The molecule has 1 heterocycles. The molecule has 6 heteroatoms. The summed E-state index contributed by atoms with van der Waals surface area (Å²) in [6.07, 6.45) is 0.694. The monoisotopic (exact) mass is 430 g/mol. The molecule has 0 saturated carbocycles. The molecule has 1 aromatic heterocycles. The summed E-state index contributed by atoms with van der Waals surface area (Å²) in [4.78, 5) is 14.7. The number of rotatable bonds is 7. The van der Waals surface area contributed by atoms with Crippen molar-refractivity contribution in [3.63, 3.8) is 0 Å². The van der Waals surface area contributed by atoms with Gasteiger partial charge in [-0.2, -0.15) is 0 Å². The van der Waals surface area contributed by atoms with Crippen molar-refractivity contribution in [1.29, 1.82) is 0 Å². The van der Waals surface area contributed by atoms with Crippen molar-refractivity contribution >= 4 is 28.9 Å². The van der Waals surface area contributed by atoms with Crippen molar-refractivity contribution in [1.82, 2.24) is 4.57 Å². The third kappa shape index (κ3) is 5.34. The zero-order chi connectivity index (χ0) is 21.0. The minimum Gasteiger partial charge on any atom is -0.487 e. The van der Waals surface area contributed by atoms with Crippen LogP contribution in [0.5, 0.6) is 5.75 Å². The molecule has 0 saturated heterocycles. The molecule has 2 aromatic carbocycles. The lowest BCUT2D eigenvalue weighted by atomic mass is 10.1. The summed E-state index contributed by atoms with van der Waals surface area (Å²) in [5.41, 5.74) is 3.73. The largest absolute Gasteiger partial charge is 0.487 e. The van der Waals surface area contributed by atoms with E-state index in [0.29, 0.717) is 29.4 Å². The number of aryl methyl sites for hydroxylation is 2. The molecule has 29 heavy (non-hydrogen) atoms. The standard InChI is InChI=1S/C23H24Cl2N2O2/c1-16-7-9-17(10-8-16)11-12-27-22(20(24)14-21(25)23(27)28)15-29-19-6-4-5-18(13-19)26(2)3/h4-10,13-14H,11-12,15H2,1-3H3. The Morgan fingerprint density at radius 2 is 1.72 bits per heavy atom. The van der Waals surface area contributed by atoms with E-state index in [1.54, 1.807) is 4.57 Å². The van der Waals surface area contributed by atoms with Crippen molar-refractivity contribution in [2.24, 2.45) is 0 Å². The lowest BCUT2D eigenvalue weighted by molar-refractivity contribution is 0.293. The second-order valence-electron chi connectivity index (χ2n) is 7.16. The Labute approximate surface area is 181 Å². The van der Waals surface area contributed by atoms with E-state index in [-0.39, 0.29) is 17.2 Å². The first-order valence-electron chi connectivity index (χ1n) is 9.38. The van der Waals surface area contributed by atoms with Gasteiger partial charge in [0.05, 0.1) is 10.7 Å². The molecule has 0 aliphatic heterocycles. The molecule has 152 valence electrons. The highest BCUT2D eigenvalue weighted by Crippen LogP contribution is 2.23. The molecule has 3 rings (SSSR count). The zero-order valence-electron chi connectivity index (χ0n) is 16.8. The molecule has 0 fully saturated rings. The number of aromatic nitrogens is 1. The zero-order valence-corrected chi connectivity index (χ0v) is 18.3. The Kier molecular flexibility index (Phi) is 6.88. The van der Waals surface area contributed by atoms with Gasteiger partial charge in [-0.3, -0.25) is 4.79 Å². The molecule has 0 radical (unpaired) electrons. The van der Waals surface area contributed by atoms with Gasteiger partial charge in [-0.1, -0.05) is 59.1 Å². The van der Waals surface area contributed by atoms with Crippen LogP contribution in [0.1, 0.15) is 16.8 Å². The van der Waals surface area contributed by atoms with Crippen LogP contribution in [0, 0.1) is 6.92 Å². The maximum Gasteiger partial charge on any atom is 0.269 e. The van der Waals surface area contributed by atoms with Crippen molar-refractivity contribution in [2.75, 3.05) is 19.0 Å². The number of hydrogen-bond acceptors (Lipinski definition) is 3. The van der Waals surface area contributed by atoms with Crippen LogP contribution in [0.4, 0.5) is 5.69 Å². The molecular formula is C23H24Cl2N2O2. The molecule has 0 N–H and O–H groups in total. The van der Waals surface area contributed by atoms with Crippen LogP contribution in [0.2, 0.25) is 10.0 Å². The van der Waals surface area contributed by atoms with E-state index in [9.17, 15) is 4.79 Å². The third-order valence-corrected chi connectivity index (χ3v) is 5.36. The Bertz CT molecular complexity index is 1040. The Hall–Kier alpha value is -2.43. The third-order valence-electron chi connectivity index (χ3n) is 4.76. The van der Waals surface area contributed by atoms with Crippen LogP contribution in [-0.4, -0.2) is 18.7 Å². The molecule has 0 aliphatic rings. The smallest absolute Gasteiger partial charge is 0.269 e. The van der Waals surface area contributed by atoms with Crippen LogP contribution in [-0.2, 0) is 19.6 Å². The molecule has 0 unspecified atom stereocenters. The molecular weight excluding hydrogens is 407 g/mol. The van der Waals surface area contributed by atoms with Gasteiger partial charge in [0.15, 0.2) is 0 Å². The summed E-state index contributed by atoms with van der Waals surface area (Å²) in [6.45, 7) is 2.69. The van der Waals surface area contributed by atoms with E-state index in [2.05, 4.69) is 24.3 Å². The van der Waals surface area contributed by atoms with Gasteiger partial charge >= 0.3 is 0 Å². The highest BCUT2D eigenvalue weighted by Gasteiger charge is 2.14. The lowest BCUT2D eigenvalue weighted by Crippen LogP contribution is -2.26. The minimum atomic E-state index is -0.260. The van der Waals surface area contributed by atoms with Gasteiger partial charge in [-0.15, -0.1) is 0 Å². The molecule has 4 nitrogen and oxygen atoms in total. The first-order valence-corrected chi connectivity index (χ1v) is 10.1. The number of anilines is 1. The van der Waals surface area contributed by atoms with Crippen LogP contribution < -0.4 is 15.2 Å². The van der Waals surface area contributed by atoms with Gasteiger partial charge < -0.3 is 14.2 Å². The summed E-state index contributed by atoms with van der Waals surface area (Å²) in [5.74, 6) is 0.708. The van der Waals surface area contributed by atoms with Gasteiger partial charge in [0.1, 0.15) is 17.4 Å². The molecule has 3 aromatic rings. The molecule has 0 atom stereocenters. The maximum atomic E-state index is 12.7. The van der Waals surface area contributed by atoms with E-state index < -0.39 is 0 Å². The summed E-state index contributed by atoms with van der Waals surface area (Å²) >= 11 is 12.5. The van der Waals surface area contributed by atoms with Crippen LogP contribution >= 0.6 is 23.2 Å². The van der Waals surface area contributed by atoms with E-state index >= 15 is 0 Å². The minimum absolute atomic E-state index is 0.109. The lowest BCUT2D eigenvalue weighted by Gasteiger charge is -2.17. The highest BCUT2D eigenvalue weighted by atomic mass is 35.5. The van der Waals surface area contributed by atoms with Gasteiger partial charge in [0, 0.05) is 32.4 Å². The Morgan fingerprint density at radius 1 is 1.00 bits per heavy atom. The average molecular weight is 431 g/mol. The van der Waals surface area contributed by atoms with Gasteiger partial charge in [-0.05, 0) is 37.1 Å². The first kappa shape index (κ1) is 21.3. The van der Waals surface area contributed by atoms with E-state index in [1.807, 2.05) is 50.2 Å². The topological polar surface area (TPSA) is 34.5 Å². The Balaban J connectivity index is 1.84. The summed E-state index contributed by atoms with van der Waals surface area (Å²) in [7, 11) is 3.94. The molecule has 0 amide bonds. The van der Waals surface area contributed by atoms with E-state index in [1.165, 1.54) is 11.6 Å². The van der Waals surface area contributed by atoms with Gasteiger partial charge in [0.2, 0.25) is 0 Å². The first-order chi connectivity index (χ1) is 13.8. The normalized spacial score (nSPS) is 10.8. The highest BCUT2D eigenvalue weighted by molar-refractivity contribution is 6.34. The van der Waals surface area contributed by atoms with E-state index in [4.69, 9.17) is 27.9 Å². The van der Waals surface area contributed by atoms with Gasteiger partial charge in [-0.25, -0.2) is 0 Å². The summed E-state index contributed by atoms with van der Waals surface area (Å²) in [6, 6.07) is 17.5. The molecule has 0 bridgehead atoms. The number of nitrogens with zero attached hydrogens (tertiary/aromatic N) is 2. The second-order valence-corrected chi connectivity index (χ2v) is 7.97. The SMILES string of the molecule is Cc1ccc(CCn2c(COc3cccc(N(C)C)c3)c(Cl)cc(Cl)c2=O)cc1. The van der Waals surface area contributed by atoms with E-state index in [0.717, 1.165) is 11.3 Å². The van der Waals surface area contributed by atoms with Crippen molar-refractivity contribution < 1.29 is 4.74 Å². The van der Waals surface area contributed by atoms with Crippen LogP contribution in [0.3, 0.4) is 0 Å². The summed E-state index contributed by atoms with van der Waals surface area (Å²) < 4.78 is 7.56. The Morgan fingerprint density at radius 3 is 2.41 bits per heavy atom. The van der Waals surface area contributed by atoms with Crippen molar-refractivity contribution in [3.8, 4) is 5.75 Å². The van der Waals surface area contributed by atoms with Crippen molar-refractivity contribution in [3.05, 3.63) is 91.8 Å². The van der Waals surface area contributed by atoms with Crippen molar-refractivity contribution in [2.45, 2.75) is 26.5 Å². The number of hydrogen-bond donors (Lipinski definition) is 0.